The van der Waals surface area contributed by atoms with Crippen molar-refractivity contribution in [3.63, 3.8) is 0 Å². The van der Waals surface area contributed by atoms with E-state index in [0.29, 0.717) is 4.88 Å². The van der Waals surface area contributed by atoms with Gasteiger partial charge in [-0.3, -0.25) is 9.59 Å². The van der Waals surface area contributed by atoms with Gasteiger partial charge in [-0.1, -0.05) is 11.8 Å². The highest BCUT2D eigenvalue weighted by molar-refractivity contribution is 7.14. The lowest BCUT2D eigenvalue weighted by atomic mass is 10.0. The van der Waals surface area contributed by atoms with Crippen LogP contribution in [0.1, 0.15) is 34.8 Å². The quantitative estimate of drug-likeness (QED) is 0.697. The van der Waals surface area contributed by atoms with E-state index in [9.17, 15) is 9.59 Å². The minimum atomic E-state index is -0.671. The third-order valence-electron chi connectivity index (χ3n) is 2.21. The van der Waals surface area contributed by atoms with E-state index < -0.39 is 11.4 Å². The van der Waals surface area contributed by atoms with Gasteiger partial charge in [-0.2, -0.15) is 0 Å². The van der Waals surface area contributed by atoms with Crippen LogP contribution in [0.2, 0.25) is 0 Å². The highest BCUT2D eigenvalue weighted by atomic mass is 32.1. The molecule has 1 aromatic heterocycles. The van der Waals surface area contributed by atoms with Gasteiger partial charge in [-0.05, 0) is 26.0 Å². The number of carbonyl (C=O) groups excluding carboxylic acids is 2. The molecule has 0 atom stereocenters. The number of rotatable bonds is 4. The Kier molecular flexibility index (Phi) is 5.10. The molecule has 0 radical (unpaired) electrons. The van der Waals surface area contributed by atoms with E-state index in [4.69, 9.17) is 11.5 Å². The Balaban J connectivity index is 2.73. The van der Waals surface area contributed by atoms with Crippen molar-refractivity contribution in [3.05, 3.63) is 21.9 Å². The van der Waals surface area contributed by atoms with Crippen LogP contribution in [0.5, 0.6) is 0 Å². The fraction of sp³-hybridized carbons (Fsp3) is 0.385. The van der Waals surface area contributed by atoms with E-state index in [0.717, 1.165) is 4.88 Å². The van der Waals surface area contributed by atoms with Gasteiger partial charge in [0, 0.05) is 12.0 Å². The van der Waals surface area contributed by atoms with Gasteiger partial charge in [0.15, 0.2) is 0 Å². The Morgan fingerprint density at radius 3 is 2.68 bits per heavy atom. The molecule has 0 saturated heterocycles. The smallest absolute Gasteiger partial charge is 0.261 e. The molecule has 1 rings (SSSR count). The molecule has 0 bridgehead atoms. The van der Waals surface area contributed by atoms with Crippen molar-refractivity contribution in [2.75, 3.05) is 6.54 Å². The van der Waals surface area contributed by atoms with Gasteiger partial charge in [-0.25, -0.2) is 0 Å². The standard InChI is InChI=1S/C13H17N3O2S/c1-13(2,8-11(15)17)16-12(18)10-6-5-9(19-10)4-3-7-14/h5-6H,7-8,14H2,1-2H3,(H2,15,17)(H,16,18). The molecule has 0 unspecified atom stereocenters. The number of primary amides is 1. The molecule has 0 aliphatic carbocycles. The highest BCUT2D eigenvalue weighted by Gasteiger charge is 2.24. The fourth-order valence-corrected chi connectivity index (χ4v) is 2.29. The number of nitrogens with one attached hydrogen (secondary N) is 1. The normalized spacial score (nSPS) is 10.5. The average Bonchev–Trinajstić information content (AvgIpc) is 2.72. The number of amides is 2. The third-order valence-corrected chi connectivity index (χ3v) is 3.21. The van der Waals surface area contributed by atoms with Gasteiger partial charge in [0.05, 0.1) is 16.3 Å². The van der Waals surface area contributed by atoms with Crippen molar-refractivity contribution in [1.82, 2.24) is 5.32 Å². The molecular formula is C13H17N3O2S. The lowest BCUT2D eigenvalue weighted by Gasteiger charge is -2.24. The number of thiophene rings is 1. The van der Waals surface area contributed by atoms with Crippen LogP contribution in [0.4, 0.5) is 0 Å². The summed E-state index contributed by atoms with van der Waals surface area (Å²) in [4.78, 5) is 24.2. The van der Waals surface area contributed by atoms with E-state index >= 15 is 0 Å². The maximum Gasteiger partial charge on any atom is 0.261 e. The van der Waals surface area contributed by atoms with E-state index in [1.54, 1.807) is 26.0 Å². The van der Waals surface area contributed by atoms with Crippen molar-refractivity contribution >= 4 is 23.2 Å². The summed E-state index contributed by atoms with van der Waals surface area (Å²) >= 11 is 1.28. The van der Waals surface area contributed by atoms with Gasteiger partial charge in [0.1, 0.15) is 0 Å². The monoisotopic (exact) mass is 279 g/mol. The molecule has 1 heterocycles. The maximum atomic E-state index is 12.0. The number of hydrogen-bond donors (Lipinski definition) is 3. The lowest BCUT2D eigenvalue weighted by Crippen LogP contribution is -2.45. The topological polar surface area (TPSA) is 98.2 Å². The van der Waals surface area contributed by atoms with Crippen molar-refractivity contribution in [3.8, 4) is 11.8 Å². The fourth-order valence-electron chi connectivity index (χ4n) is 1.51. The molecule has 0 saturated carbocycles. The van der Waals surface area contributed by atoms with E-state index in [1.807, 2.05) is 0 Å². The van der Waals surface area contributed by atoms with Gasteiger partial charge in [0.2, 0.25) is 5.91 Å². The van der Waals surface area contributed by atoms with Crippen LogP contribution in [0, 0.1) is 11.8 Å². The molecule has 0 fully saturated rings. The predicted molar refractivity (Wildman–Crippen MR) is 75.6 cm³/mol. The van der Waals surface area contributed by atoms with Gasteiger partial charge in [0.25, 0.3) is 5.91 Å². The molecule has 102 valence electrons. The first kappa shape index (κ1) is 15.2. The number of hydrogen-bond acceptors (Lipinski definition) is 4. The molecule has 0 aliphatic rings. The zero-order valence-electron chi connectivity index (χ0n) is 10.9. The van der Waals surface area contributed by atoms with Crippen LogP contribution >= 0.6 is 11.3 Å². The largest absolute Gasteiger partial charge is 0.370 e. The molecule has 1 aromatic rings. The molecule has 0 aromatic carbocycles. The summed E-state index contributed by atoms with van der Waals surface area (Å²) in [6.07, 6.45) is 0.0873. The Labute approximate surface area is 116 Å². The van der Waals surface area contributed by atoms with Crippen molar-refractivity contribution < 1.29 is 9.59 Å². The Morgan fingerprint density at radius 2 is 2.11 bits per heavy atom. The Morgan fingerprint density at radius 1 is 1.42 bits per heavy atom. The molecule has 2 amide bonds. The second-order valence-corrected chi connectivity index (χ2v) is 5.73. The van der Waals surface area contributed by atoms with Gasteiger partial charge >= 0.3 is 0 Å². The first-order valence-electron chi connectivity index (χ1n) is 5.73. The summed E-state index contributed by atoms with van der Waals surface area (Å²) in [6, 6.07) is 3.46. The average molecular weight is 279 g/mol. The molecule has 5 N–H and O–H groups in total. The maximum absolute atomic E-state index is 12.0. The summed E-state index contributed by atoms with van der Waals surface area (Å²) in [5, 5.41) is 2.77. The van der Waals surface area contributed by atoms with Gasteiger partial charge in [-0.15, -0.1) is 11.3 Å². The second-order valence-electron chi connectivity index (χ2n) is 4.65. The summed E-state index contributed by atoms with van der Waals surface area (Å²) in [7, 11) is 0. The predicted octanol–water partition coefficient (Wildman–Crippen LogP) is 0.442. The highest BCUT2D eigenvalue weighted by Crippen LogP contribution is 2.17. The molecule has 0 aliphatic heterocycles. The van der Waals surface area contributed by atoms with Gasteiger partial charge < -0.3 is 16.8 Å². The summed E-state index contributed by atoms with van der Waals surface area (Å²) < 4.78 is 0. The SMILES string of the molecule is CC(C)(CC(N)=O)NC(=O)c1ccc(C#CCN)s1. The van der Waals surface area contributed by atoms with Crippen molar-refractivity contribution in [2.24, 2.45) is 11.5 Å². The molecular weight excluding hydrogens is 262 g/mol. The summed E-state index contributed by atoms with van der Waals surface area (Å²) in [5.41, 5.74) is 9.74. The summed E-state index contributed by atoms with van der Waals surface area (Å²) in [5.74, 6) is 4.90. The number of carbonyl (C=O) groups is 2. The molecule has 19 heavy (non-hydrogen) atoms. The van der Waals surface area contributed by atoms with Crippen LogP contribution in [0.15, 0.2) is 12.1 Å². The van der Waals surface area contributed by atoms with Crippen molar-refractivity contribution in [2.45, 2.75) is 25.8 Å². The Hall–Kier alpha value is -1.84. The van der Waals surface area contributed by atoms with Crippen LogP contribution in [0.25, 0.3) is 0 Å². The van der Waals surface area contributed by atoms with Crippen molar-refractivity contribution in [1.29, 1.82) is 0 Å². The zero-order valence-corrected chi connectivity index (χ0v) is 11.8. The number of nitrogens with two attached hydrogens (primary N) is 2. The first-order valence-corrected chi connectivity index (χ1v) is 6.55. The molecule has 6 heteroatoms. The minimum Gasteiger partial charge on any atom is -0.370 e. The van der Waals surface area contributed by atoms with Crippen LogP contribution in [-0.2, 0) is 4.79 Å². The first-order chi connectivity index (χ1) is 8.84. The summed E-state index contributed by atoms with van der Waals surface area (Å²) in [6.45, 7) is 3.78. The zero-order chi connectivity index (χ0) is 14.5. The molecule has 0 spiro atoms. The molecule has 5 nitrogen and oxygen atoms in total. The second kappa shape index (κ2) is 6.36. The van der Waals surface area contributed by atoms with Crippen LogP contribution in [0.3, 0.4) is 0 Å². The van der Waals surface area contributed by atoms with E-state index in [-0.39, 0.29) is 18.9 Å². The Bertz CT molecular complexity index is 538. The lowest BCUT2D eigenvalue weighted by molar-refractivity contribution is -0.119. The van der Waals surface area contributed by atoms with E-state index in [2.05, 4.69) is 17.2 Å². The van der Waals surface area contributed by atoms with E-state index in [1.165, 1.54) is 11.3 Å². The van der Waals surface area contributed by atoms with Crippen LogP contribution < -0.4 is 16.8 Å². The third kappa shape index (κ3) is 5.12. The van der Waals surface area contributed by atoms with Crippen LogP contribution in [-0.4, -0.2) is 23.9 Å². The minimum absolute atomic E-state index is 0.0873.